The molecule has 0 saturated carbocycles. The summed E-state index contributed by atoms with van der Waals surface area (Å²) >= 11 is 0. The molecule has 130 valence electrons. The van der Waals surface area contributed by atoms with Gasteiger partial charge in [-0.3, -0.25) is 10.7 Å². The Hall–Kier alpha value is -3.68. The van der Waals surface area contributed by atoms with Gasteiger partial charge in [0.05, 0.1) is 45.3 Å². The van der Waals surface area contributed by atoms with E-state index in [0.29, 0.717) is 0 Å². The van der Waals surface area contributed by atoms with E-state index in [4.69, 9.17) is 10.7 Å². The zero-order chi connectivity index (χ0) is 19.4. The highest BCUT2D eigenvalue weighted by atomic mass is 16.5. The topological polar surface area (TPSA) is 149 Å². The summed E-state index contributed by atoms with van der Waals surface area (Å²) in [7, 11) is 3.22. The molecule has 0 saturated heterocycles. The van der Waals surface area contributed by atoms with Gasteiger partial charge in [0.15, 0.2) is 0 Å². The molecule has 0 unspecified atom stereocenters. The minimum absolute atomic E-state index is 0.100. The van der Waals surface area contributed by atoms with E-state index in [1.54, 1.807) is 18.0 Å². The predicted molar refractivity (Wildman–Crippen MR) is 83.4 cm³/mol. The highest BCUT2D eigenvalue weighted by Crippen LogP contribution is 2.21. The number of methoxy groups -OCH3 is 3. The van der Waals surface area contributed by atoms with Gasteiger partial charge in [0.1, 0.15) is 11.6 Å². The van der Waals surface area contributed by atoms with Crippen molar-refractivity contribution in [3.05, 3.63) is 34.3 Å². The van der Waals surface area contributed by atoms with Crippen LogP contribution in [0.2, 0.25) is 0 Å². The molecule has 1 atom stereocenters. The average molecular weight is 344 g/mol. The number of ether oxygens (including phenoxy) is 3. The lowest BCUT2D eigenvalue weighted by Gasteiger charge is -2.11. The molecule has 0 bridgehead atoms. The summed E-state index contributed by atoms with van der Waals surface area (Å²) in [5, 5.41) is 27.3. The lowest BCUT2D eigenvalue weighted by molar-refractivity contribution is -0.141. The first-order valence-corrected chi connectivity index (χ1v) is 6.61. The summed E-state index contributed by atoms with van der Waals surface area (Å²) in [6.45, 7) is 0. The number of allylic oxidation sites excluding steroid dienone is 2. The summed E-state index contributed by atoms with van der Waals surface area (Å²) in [6.07, 6.45) is 1.50. The number of nitriles is 2. The van der Waals surface area contributed by atoms with Crippen molar-refractivity contribution in [1.82, 2.24) is 0 Å². The molecule has 9 nitrogen and oxygen atoms in total. The van der Waals surface area contributed by atoms with E-state index in [2.05, 4.69) is 14.2 Å². The largest absolute Gasteiger partial charge is 0.763 e. The smallest absolute Gasteiger partial charge is 0.348 e. The monoisotopic (exact) mass is 344 g/mol. The van der Waals surface area contributed by atoms with Crippen LogP contribution in [-0.2, 0) is 28.6 Å². The van der Waals surface area contributed by atoms with Gasteiger partial charge in [-0.1, -0.05) is 0 Å². The lowest BCUT2D eigenvalue weighted by atomic mass is 9.93. The van der Waals surface area contributed by atoms with E-state index in [0.717, 1.165) is 33.5 Å². The summed E-state index contributed by atoms with van der Waals surface area (Å²) < 4.78 is 13.3. The second kappa shape index (κ2) is 10.9. The standard InChI is InChI=1S/C16H14N3O6/c1-23-14(20)6-11(7-17)10(4-12(8-18)15(21)24-2)5-13(9-19)16(22)25-3/h4-5,11H,6H2,1-3H3/q-1/t11-/m1/s1. The van der Waals surface area contributed by atoms with Gasteiger partial charge >= 0.3 is 17.9 Å². The third-order valence-electron chi connectivity index (χ3n) is 2.83. The van der Waals surface area contributed by atoms with E-state index in [9.17, 15) is 19.6 Å². The fourth-order valence-electron chi connectivity index (χ4n) is 1.56. The Morgan fingerprint density at radius 1 is 1.04 bits per heavy atom. The molecule has 0 aromatic rings. The molecule has 0 amide bonds. The maximum Gasteiger partial charge on any atom is 0.348 e. The van der Waals surface area contributed by atoms with Crippen LogP contribution in [0, 0.1) is 28.6 Å². The van der Waals surface area contributed by atoms with Crippen LogP contribution in [0.4, 0.5) is 0 Å². The molecule has 0 fully saturated rings. The van der Waals surface area contributed by atoms with E-state index < -0.39 is 41.4 Å². The van der Waals surface area contributed by atoms with Crippen molar-refractivity contribution >= 4 is 23.8 Å². The average Bonchev–Trinajstić information content (AvgIpc) is 2.65. The number of rotatable bonds is 7. The maximum atomic E-state index is 11.5. The second-order valence-corrected chi connectivity index (χ2v) is 4.28. The molecule has 0 aromatic heterocycles. The normalized spacial score (nSPS) is 11.9. The number of hydrogen-bond donors (Lipinski definition) is 0. The van der Waals surface area contributed by atoms with Crippen LogP contribution in [-0.4, -0.2) is 45.1 Å². The third-order valence-corrected chi connectivity index (χ3v) is 2.83. The molecular weight excluding hydrogens is 330 g/mol. The summed E-state index contributed by atoms with van der Waals surface area (Å²) in [5.74, 6) is -2.32. The molecule has 0 aliphatic rings. The second-order valence-electron chi connectivity index (χ2n) is 4.28. The van der Waals surface area contributed by atoms with Crippen molar-refractivity contribution < 1.29 is 28.6 Å². The Balaban J connectivity index is 6.27. The maximum absolute atomic E-state index is 11.5. The first kappa shape index (κ1) is 21.3. The number of esters is 3. The van der Waals surface area contributed by atoms with Crippen LogP contribution in [0.15, 0.2) is 28.9 Å². The molecule has 0 spiro atoms. The van der Waals surface area contributed by atoms with Crippen molar-refractivity contribution in [2.75, 3.05) is 21.3 Å². The molecule has 0 N–H and O–H groups in total. The Labute approximate surface area is 143 Å². The number of carbonyl (C=O) groups is 3. The Morgan fingerprint density at radius 2 is 1.64 bits per heavy atom. The van der Waals surface area contributed by atoms with E-state index in [-0.39, 0.29) is 5.57 Å². The highest BCUT2D eigenvalue weighted by Gasteiger charge is 2.21. The quantitative estimate of drug-likeness (QED) is 0.162. The van der Waals surface area contributed by atoms with Gasteiger partial charge in [-0.05, 0) is 17.7 Å². The van der Waals surface area contributed by atoms with Crippen LogP contribution in [0.5, 0.6) is 0 Å². The Morgan fingerprint density at radius 3 is 2.04 bits per heavy atom. The molecule has 0 aromatic carbocycles. The molecule has 0 radical (unpaired) electrons. The summed E-state index contributed by atoms with van der Waals surface area (Å²) in [4.78, 5) is 34.5. The van der Waals surface area contributed by atoms with E-state index in [1.165, 1.54) is 0 Å². The summed E-state index contributed by atoms with van der Waals surface area (Å²) in [5.41, 5.74) is -1.07. The predicted octanol–water partition coefficient (Wildman–Crippen LogP) is 0.577. The van der Waals surface area contributed by atoms with Crippen molar-refractivity contribution in [2.45, 2.75) is 6.42 Å². The zero-order valence-electron chi connectivity index (χ0n) is 13.7. The van der Waals surface area contributed by atoms with Crippen molar-refractivity contribution in [1.29, 1.82) is 10.5 Å². The van der Waals surface area contributed by atoms with Crippen molar-refractivity contribution in [3.63, 3.8) is 0 Å². The number of hydrogen-bond acceptors (Lipinski definition) is 8. The number of nitrogens with zero attached hydrogens (tertiary/aromatic N) is 3. The fourth-order valence-corrected chi connectivity index (χ4v) is 1.56. The van der Waals surface area contributed by atoms with Crippen LogP contribution in [0.1, 0.15) is 6.42 Å². The molecule has 0 rings (SSSR count). The van der Waals surface area contributed by atoms with Gasteiger partial charge < -0.3 is 19.6 Å². The Bertz CT molecular complexity index is 745. The first-order valence-electron chi connectivity index (χ1n) is 6.61. The minimum atomic E-state index is -1.19. The van der Waals surface area contributed by atoms with E-state index in [1.807, 2.05) is 0 Å². The van der Waals surface area contributed by atoms with Crippen LogP contribution in [0.25, 0.3) is 5.41 Å². The molecule has 25 heavy (non-hydrogen) atoms. The minimum Gasteiger partial charge on any atom is -0.763 e. The Kier molecular flexibility index (Phi) is 9.34. The first-order chi connectivity index (χ1) is 11.9. The third kappa shape index (κ3) is 6.53. The van der Waals surface area contributed by atoms with Gasteiger partial charge in [0.25, 0.3) is 0 Å². The van der Waals surface area contributed by atoms with Crippen molar-refractivity contribution in [2.24, 2.45) is 5.92 Å². The zero-order valence-corrected chi connectivity index (χ0v) is 13.7. The lowest BCUT2D eigenvalue weighted by Crippen LogP contribution is -2.13. The van der Waals surface area contributed by atoms with Gasteiger partial charge in [-0.15, -0.1) is 0 Å². The highest BCUT2D eigenvalue weighted by molar-refractivity contribution is 6.02. The molecule has 0 aliphatic carbocycles. The summed E-state index contributed by atoms with van der Waals surface area (Å²) in [6, 6.07) is 3.37. The van der Waals surface area contributed by atoms with Gasteiger partial charge in [-0.2, -0.15) is 10.5 Å². The van der Waals surface area contributed by atoms with Crippen molar-refractivity contribution in [3.8, 4) is 12.1 Å². The number of carbonyl (C=O) groups excluding carboxylic acids is 3. The SMILES string of the molecule is COC(=O)C[C@H](C#N)C(C=C(C#N)C(=O)OC)=CC(=C=[N-])C(=O)OC. The molecular formula is C16H14N3O6-. The molecule has 9 heteroatoms. The van der Waals surface area contributed by atoms with Gasteiger partial charge in [0, 0.05) is 0 Å². The van der Waals surface area contributed by atoms with Gasteiger partial charge in [0.2, 0.25) is 0 Å². The van der Waals surface area contributed by atoms with Crippen LogP contribution >= 0.6 is 0 Å². The van der Waals surface area contributed by atoms with Crippen LogP contribution in [0.3, 0.4) is 0 Å². The van der Waals surface area contributed by atoms with Crippen LogP contribution < -0.4 is 0 Å². The fraction of sp³-hybridized carbons (Fsp3) is 0.312. The molecule has 0 aliphatic heterocycles. The molecule has 0 heterocycles. The van der Waals surface area contributed by atoms with Gasteiger partial charge in [-0.25, -0.2) is 9.59 Å². The van der Waals surface area contributed by atoms with E-state index >= 15 is 0 Å².